The predicted octanol–water partition coefficient (Wildman–Crippen LogP) is 4.71. The number of benzene rings is 2. The molecule has 0 radical (unpaired) electrons. The molecule has 1 unspecified atom stereocenters. The Kier molecular flexibility index (Phi) is 5.10. The van der Waals surface area contributed by atoms with Gasteiger partial charge in [-0.15, -0.1) is 0 Å². The van der Waals surface area contributed by atoms with Crippen LogP contribution in [-0.4, -0.2) is 14.7 Å². The SMILES string of the molecule is CCC(O)c1c(F)cnc2c1c(=O)cc(Nc1ccccc1)n2-c1ccccc1. The van der Waals surface area contributed by atoms with Crippen molar-refractivity contribution in [1.82, 2.24) is 9.55 Å². The number of aliphatic hydroxyl groups is 1. The minimum absolute atomic E-state index is 0.0153. The third-order valence-electron chi connectivity index (χ3n) is 4.80. The maximum absolute atomic E-state index is 14.5. The van der Waals surface area contributed by atoms with Gasteiger partial charge in [0.15, 0.2) is 11.1 Å². The second kappa shape index (κ2) is 7.85. The van der Waals surface area contributed by atoms with E-state index in [9.17, 15) is 14.3 Å². The van der Waals surface area contributed by atoms with Gasteiger partial charge >= 0.3 is 0 Å². The molecule has 1 atom stereocenters. The van der Waals surface area contributed by atoms with E-state index in [1.165, 1.54) is 6.07 Å². The molecule has 0 amide bonds. The molecule has 2 heterocycles. The molecule has 2 N–H and O–H groups in total. The molecule has 2 aromatic carbocycles. The van der Waals surface area contributed by atoms with Crippen LogP contribution in [0.2, 0.25) is 0 Å². The number of para-hydroxylation sites is 2. The zero-order chi connectivity index (χ0) is 20.4. The van der Waals surface area contributed by atoms with Crippen LogP contribution in [0, 0.1) is 5.82 Å². The van der Waals surface area contributed by atoms with Crippen LogP contribution in [0.3, 0.4) is 0 Å². The molecule has 0 saturated heterocycles. The van der Waals surface area contributed by atoms with E-state index in [-0.39, 0.29) is 23.0 Å². The van der Waals surface area contributed by atoms with E-state index in [4.69, 9.17) is 0 Å². The second-order valence-corrected chi connectivity index (χ2v) is 6.70. The predicted molar refractivity (Wildman–Crippen MR) is 112 cm³/mol. The van der Waals surface area contributed by atoms with Gasteiger partial charge in [0.25, 0.3) is 0 Å². The fraction of sp³-hybridized carbons (Fsp3) is 0.130. The maximum Gasteiger partial charge on any atom is 0.193 e. The van der Waals surface area contributed by atoms with Crippen LogP contribution in [0.25, 0.3) is 16.7 Å². The number of pyridine rings is 2. The molecule has 4 rings (SSSR count). The van der Waals surface area contributed by atoms with Crippen molar-refractivity contribution in [2.24, 2.45) is 0 Å². The summed E-state index contributed by atoms with van der Waals surface area (Å²) in [7, 11) is 0. The van der Waals surface area contributed by atoms with Crippen LogP contribution in [0.4, 0.5) is 15.9 Å². The first kappa shape index (κ1) is 18.8. The largest absolute Gasteiger partial charge is 0.388 e. The minimum atomic E-state index is -1.09. The van der Waals surface area contributed by atoms with Crippen molar-refractivity contribution in [3.8, 4) is 5.69 Å². The average Bonchev–Trinajstić information content (AvgIpc) is 2.75. The van der Waals surface area contributed by atoms with Gasteiger partial charge in [0.2, 0.25) is 0 Å². The lowest BCUT2D eigenvalue weighted by Crippen LogP contribution is -2.17. The van der Waals surface area contributed by atoms with Crippen molar-refractivity contribution in [2.45, 2.75) is 19.4 Å². The Morgan fingerprint density at radius 1 is 1.10 bits per heavy atom. The molecule has 0 saturated carbocycles. The Balaban J connectivity index is 2.06. The Hall–Kier alpha value is -3.51. The van der Waals surface area contributed by atoms with Crippen LogP contribution in [0.1, 0.15) is 25.0 Å². The molecule has 0 aliphatic carbocycles. The number of nitrogens with zero attached hydrogens (tertiary/aromatic N) is 2. The van der Waals surface area contributed by atoms with Crippen LogP contribution in [-0.2, 0) is 0 Å². The third-order valence-corrected chi connectivity index (χ3v) is 4.80. The van der Waals surface area contributed by atoms with Gasteiger partial charge in [-0.3, -0.25) is 9.36 Å². The van der Waals surface area contributed by atoms with E-state index in [2.05, 4.69) is 10.3 Å². The maximum atomic E-state index is 14.5. The fourth-order valence-electron chi connectivity index (χ4n) is 3.41. The van der Waals surface area contributed by atoms with Gasteiger partial charge in [-0.25, -0.2) is 9.37 Å². The summed E-state index contributed by atoms with van der Waals surface area (Å²) < 4.78 is 16.3. The van der Waals surface area contributed by atoms with E-state index < -0.39 is 17.3 Å². The molecule has 5 nitrogen and oxygen atoms in total. The number of rotatable bonds is 5. The minimum Gasteiger partial charge on any atom is -0.388 e. The van der Waals surface area contributed by atoms with Crippen LogP contribution in [0.15, 0.2) is 77.7 Å². The van der Waals surface area contributed by atoms with Gasteiger partial charge in [0.05, 0.1) is 17.7 Å². The summed E-state index contributed by atoms with van der Waals surface area (Å²) in [4.78, 5) is 17.2. The zero-order valence-corrected chi connectivity index (χ0v) is 15.8. The fourth-order valence-corrected chi connectivity index (χ4v) is 3.41. The third kappa shape index (κ3) is 3.50. The summed E-state index contributed by atoms with van der Waals surface area (Å²) in [5.41, 5.74) is 1.42. The molecule has 0 aliphatic rings. The lowest BCUT2D eigenvalue weighted by molar-refractivity contribution is 0.170. The highest BCUT2D eigenvalue weighted by atomic mass is 19.1. The highest BCUT2D eigenvalue weighted by Crippen LogP contribution is 2.30. The normalized spacial score (nSPS) is 12.1. The number of nitrogens with one attached hydrogen (secondary N) is 1. The Labute approximate surface area is 167 Å². The van der Waals surface area contributed by atoms with E-state index in [1.54, 1.807) is 11.5 Å². The van der Waals surface area contributed by atoms with Gasteiger partial charge in [0.1, 0.15) is 11.6 Å². The summed E-state index contributed by atoms with van der Waals surface area (Å²) in [6.07, 6.45) is 0.248. The van der Waals surface area contributed by atoms with E-state index in [0.717, 1.165) is 17.6 Å². The number of aliphatic hydroxyl groups excluding tert-OH is 1. The van der Waals surface area contributed by atoms with Gasteiger partial charge in [0, 0.05) is 23.0 Å². The summed E-state index contributed by atoms with van der Waals surface area (Å²) in [6, 6.07) is 20.2. The van der Waals surface area contributed by atoms with Crippen molar-refractivity contribution >= 4 is 22.5 Å². The summed E-state index contributed by atoms with van der Waals surface area (Å²) >= 11 is 0. The number of anilines is 2. The Morgan fingerprint density at radius 2 is 1.76 bits per heavy atom. The van der Waals surface area contributed by atoms with Gasteiger partial charge in [-0.1, -0.05) is 43.3 Å². The quantitative estimate of drug-likeness (QED) is 0.519. The van der Waals surface area contributed by atoms with Crippen LogP contribution < -0.4 is 10.7 Å². The second-order valence-electron chi connectivity index (χ2n) is 6.70. The molecule has 29 heavy (non-hydrogen) atoms. The van der Waals surface area contributed by atoms with Gasteiger partial charge in [-0.2, -0.15) is 0 Å². The zero-order valence-electron chi connectivity index (χ0n) is 15.8. The summed E-state index contributed by atoms with van der Waals surface area (Å²) in [6.45, 7) is 1.73. The highest BCUT2D eigenvalue weighted by molar-refractivity contribution is 5.84. The summed E-state index contributed by atoms with van der Waals surface area (Å²) in [5.74, 6) is -0.191. The molecule has 4 aromatic rings. The van der Waals surface area contributed by atoms with E-state index >= 15 is 0 Å². The van der Waals surface area contributed by atoms with Crippen LogP contribution in [0.5, 0.6) is 0 Å². The Morgan fingerprint density at radius 3 is 2.41 bits per heavy atom. The average molecular weight is 389 g/mol. The van der Waals surface area contributed by atoms with Crippen molar-refractivity contribution in [2.75, 3.05) is 5.32 Å². The van der Waals surface area contributed by atoms with Crippen LogP contribution >= 0.6 is 0 Å². The standard InChI is InChI=1S/C23H20FN3O2/c1-2-18(28)21-17(24)14-25-23-22(21)19(29)13-20(26-15-9-5-3-6-10-15)27(23)16-11-7-4-8-12-16/h3-14,18,26,28H,2H2,1H3. The molecule has 0 fully saturated rings. The highest BCUT2D eigenvalue weighted by Gasteiger charge is 2.22. The van der Waals surface area contributed by atoms with Gasteiger partial charge in [-0.05, 0) is 30.7 Å². The molecule has 6 heteroatoms. The summed E-state index contributed by atoms with van der Waals surface area (Å²) in [5, 5.41) is 13.7. The monoisotopic (exact) mass is 389 g/mol. The molecule has 0 spiro atoms. The molecule has 146 valence electrons. The molecular weight excluding hydrogens is 369 g/mol. The number of fused-ring (bicyclic) bond motifs is 1. The first-order chi connectivity index (χ1) is 14.1. The molecular formula is C23H20FN3O2. The van der Waals surface area contributed by atoms with E-state index in [1.807, 2.05) is 60.7 Å². The van der Waals surface area contributed by atoms with Crippen molar-refractivity contribution in [1.29, 1.82) is 0 Å². The van der Waals surface area contributed by atoms with Crippen molar-refractivity contribution < 1.29 is 9.50 Å². The number of hydrogen-bond donors (Lipinski definition) is 2. The van der Waals surface area contributed by atoms with Crippen molar-refractivity contribution in [3.05, 3.63) is 94.5 Å². The Bertz CT molecular complexity index is 1210. The molecule has 0 aliphatic heterocycles. The topological polar surface area (TPSA) is 67.2 Å². The lowest BCUT2D eigenvalue weighted by Gasteiger charge is -2.20. The van der Waals surface area contributed by atoms with E-state index in [0.29, 0.717) is 5.82 Å². The van der Waals surface area contributed by atoms with Crippen molar-refractivity contribution in [3.63, 3.8) is 0 Å². The van der Waals surface area contributed by atoms with Gasteiger partial charge < -0.3 is 10.4 Å². The smallest absolute Gasteiger partial charge is 0.193 e. The molecule has 2 aromatic heterocycles. The first-order valence-corrected chi connectivity index (χ1v) is 9.40. The molecule has 0 bridgehead atoms. The number of aromatic nitrogens is 2. The first-order valence-electron chi connectivity index (χ1n) is 9.40. The lowest BCUT2D eigenvalue weighted by atomic mass is 10.0. The number of halogens is 1. The number of hydrogen-bond acceptors (Lipinski definition) is 4.